The molecule has 0 radical (unpaired) electrons. The molecule has 21 heavy (non-hydrogen) atoms. The van der Waals surface area contributed by atoms with Gasteiger partial charge in [-0.2, -0.15) is 0 Å². The monoisotopic (exact) mass is 291 g/mol. The molecule has 2 amide bonds. The predicted molar refractivity (Wildman–Crippen MR) is 76.8 cm³/mol. The van der Waals surface area contributed by atoms with Crippen molar-refractivity contribution in [2.45, 2.75) is 32.2 Å². The summed E-state index contributed by atoms with van der Waals surface area (Å²) in [5, 5.41) is 13.0. The molecule has 7 nitrogen and oxygen atoms in total. The lowest BCUT2D eigenvalue weighted by atomic mass is 10.0. The molecule has 1 aliphatic heterocycles. The van der Waals surface area contributed by atoms with Gasteiger partial charge in [0.2, 0.25) is 0 Å². The molecule has 1 aromatic carbocycles. The zero-order valence-electron chi connectivity index (χ0n) is 11.7. The van der Waals surface area contributed by atoms with Crippen molar-refractivity contribution in [1.82, 2.24) is 4.90 Å². The van der Waals surface area contributed by atoms with Crippen LogP contribution in [0.3, 0.4) is 0 Å². The lowest BCUT2D eigenvalue weighted by Crippen LogP contribution is -2.47. The summed E-state index contributed by atoms with van der Waals surface area (Å²) in [7, 11) is 0. The van der Waals surface area contributed by atoms with Gasteiger partial charge in [0.25, 0.3) is 5.69 Å². The molecule has 0 saturated carbocycles. The molecule has 1 saturated heterocycles. The second-order valence-electron chi connectivity index (χ2n) is 5.10. The first-order valence-corrected chi connectivity index (χ1v) is 6.85. The molecule has 1 aromatic rings. The molecule has 0 bridgehead atoms. The highest BCUT2D eigenvalue weighted by Crippen LogP contribution is 2.18. The fraction of sp³-hybridized carbons (Fsp3) is 0.429. The van der Waals surface area contributed by atoms with E-state index in [1.807, 2.05) is 6.92 Å². The molecule has 1 atom stereocenters. The van der Waals surface area contributed by atoms with Gasteiger partial charge in [-0.3, -0.25) is 19.7 Å². The SMILES string of the molecule is CC1CCCCN1C(=O)C(=O)Nc1ccc([N+](=O)[O-])cc1. The van der Waals surface area contributed by atoms with E-state index in [1.165, 1.54) is 24.3 Å². The molecule has 7 heteroatoms. The molecular weight excluding hydrogens is 274 g/mol. The summed E-state index contributed by atoms with van der Waals surface area (Å²) in [6, 6.07) is 5.44. The van der Waals surface area contributed by atoms with E-state index in [1.54, 1.807) is 4.90 Å². The Bertz CT molecular complexity index is 556. The first kappa shape index (κ1) is 15.0. The summed E-state index contributed by atoms with van der Waals surface area (Å²) >= 11 is 0. The number of nitro groups is 1. The second kappa shape index (κ2) is 6.34. The number of piperidine rings is 1. The van der Waals surface area contributed by atoms with Crippen LogP contribution in [0.5, 0.6) is 0 Å². The zero-order chi connectivity index (χ0) is 15.4. The summed E-state index contributed by atoms with van der Waals surface area (Å²) in [5.41, 5.74) is 0.299. The normalized spacial score (nSPS) is 18.1. The molecule has 0 aromatic heterocycles. The van der Waals surface area contributed by atoms with Crippen LogP contribution in [0.15, 0.2) is 24.3 Å². The van der Waals surface area contributed by atoms with Crippen LogP contribution in [-0.2, 0) is 9.59 Å². The maximum absolute atomic E-state index is 12.1. The molecular formula is C14H17N3O4. The number of nitro benzene ring substituents is 1. The second-order valence-corrected chi connectivity index (χ2v) is 5.10. The van der Waals surface area contributed by atoms with Crippen molar-refractivity contribution in [3.05, 3.63) is 34.4 Å². The summed E-state index contributed by atoms with van der Waals surface area (Å²) in [6.07, 6.45) is 2.87. The molecule has 2 rings (SSSR count). The third-order valence-corrected chi connectivity index (χ3v) is 3.59. The summed E-state index contributed by atoms with van der Waals surface area (Å²) in [5.74, 6) is -1.27. The number of nitrogens with zero attached hydrogens (tertiary/aromatic N) is 2. The van der Waals surface area contributed by atoms with E-state index < -0.39 is 16.7 Å². The van der Waals surface area contributed by atoms with Crippen molar-refractivity contribution in [3.8, 4) is 0 Å². The van der Waals surface area contributed by atoms with E-state index in [-0.39, 0.29) is 11.7 Å². The number of carbonyl (C=O) groups is 2. The number of rotatable bonds is 2. The van der Waals surface area contributed by atoms with Gasteiger partial charge in [0.15, 0.2) is 0 Å². The van der Waals surface area contributed by atoms with Crippen LogP contribution < -0.4 is 5.32 Å². The Labute approximate surface area is 122 Å². The lowest BCUT2D eigenvalue weighted by molar-refractivity contribution is -0.384. The van der Waals surface area contributed by atoms with E-state index >= 15 is 0 Å². The smallest absolute Gasteiger partial charge is 0.313 e. The number of hydrogen-bond donors (Lipinski definition) is 1. The van der Waals surface area contributed by atoms with E-state index in [2.05, 4.69) is 5.32 Å². The van der Waals surface area contributed by atoms with Crippen LogP contribution >= 0.6 is 0 Å². The highest BCUT2D eigenvalue weighted by atomic mass is 16.6. The van der Waals surface area contributed by atoms with Crippen LogP contribution in [0.2, 0.25) is 0 Å². The van der Waals surface area contributed by atoms with Gasteiger partial charge in [-0.1, -0.05) is 0 Å². The van der Waals surface area contributed by atoms with Crippen molar-refractivity contribution < 1.29 is 14.5 Å². The fourth-order valence-electron chi connectivity index (χ4n) is 2.38. The highest BCUT2D eigenvalue weighted by Gasteiger charge is 2.28. The summed E-state index contributed by atoms with van der Waals surface area (Å²) in [4.78, 5) is 35.6. The van der Waals surface area contributed by atoms with E-state index in [9.17, 15) is 19.7 Å². The number of likely N-dealkylation sites (tertiary alicyclic amines) is 1. The van der Waals surface area contributed by atoms with Crippen molar-refractivity contribution in [2.24, 2.45) is 0 Å². The van der Waals surface area contributed by atoms with E-state index in [0.29, 0.717) is 12.2 Å². The third kappa shape index (κ3) is 3.56. The molecule has 1 fully saturated rings. The standard InChI is InChI=1S/C14H17N3O4/c1-10-4-2-3-9-16(10)14(19)13(18)15-11-5-7-12(8-6-11)17(20)21/h5-8,10H,2-4,9H2,1H3,(H,15,18). The zero-order valence-corrected chi connectivity index (χ0v) is 11.7. The van der Waals surface area contributed by atoms with Gasteiger partial charge in [0.1, 0.15) is 0 Å². The predicted octanol–water partition coefficient (Wildman–Crippen LogP) is 1.93. The molecule has 0 aliphatic carbocycles. The van der Waals surface area contributed by atoms with Gasteiger partial charge in [0.05, 0.1) is 4.92 Å². The molecule has 1 N–H and O–H groups in total. The number of amides is 2. The molecule has 112 valence electrons. The van der Waals surface area contributed by atoms with Crippen molar-refractivity contribution in [2.75, 3.05) is 11.9 Å². The Morgan fingerprint density at radius 3 is 2.52 bits per heavy atom. The molecule has 1 aliphatic rings. The van der Waals surface area contributed by atoms with Gasteiger partial charge < -0.3 is 10.2 Å². The van der Waals surface area contributed by atoms with Gasteiger partial charge in [-0.25, -0.2) is 0 Å². The van der Waals surface area contributed by atoms with Gasteiger partial charge in [-0.15, -0.1) is 0 Å². The minimum atomic E-state index is -0.711. The summed E-state index contributed by atoms with van der Waals surface area (Å²) in [6.45, 7) is 2.52. The number of nitrogens with one attached hydrogen (secondary N) is 1. The number of anilines is 1. The van der Waals surface area contributed by atoms with Crippen LogP contribution in [0.25, 0.3) is 0 Å². The molecule has 1 heterocycles. The van der Waals surface area contributed by atoms with Crippen molar-refractivity contribution >= 4 is 23.2 Å². The first-order chi connectivity index (χ1) is 9.99. The maximum atomic E-state index is 12.1. The average molecular weight is 291 g/mol. The largest absolute Gasteiger partial charge is 0.332 e. The maximum Gasteiger partial charge on any atom is 0.313 e. The van der Waals surface area contributed by atoms with Crippen molar-refractivity contribution in [1.29, 1.82) is 0 Å². The van der Waals surface area contributed by atoms with Crippen LogP contribution in [0.1, 0.15) is 26.2 Å². The van der Waals surface area contributed by atoms with Gasteiger partial charge in [-0.05, 0) is 38.3 Å². The fourth-order valence-corrected chi connectivity index (χ4v) is 2.38. The number of hydrogen-bond acceptors (Lipinski definition) is 4. The average Bonchev–Trinajstić information content (AvgIpc) is 2.47. The Morgan fingerprint density at radius 2 is 1.95 bits per heavy atom. The van der Waals surface area contributed by atoms with Crippen LogP contribution in [-0.4, -0.2) is 34.2 Å². The molecule has 1 unspecified atom stereocenters. The summed E-state index contributed by atoms with van der Waals surface area (Å²) < 4.78 is 0. The highest BCUT2D eigenvalue weighted by molar-refractivity contribution is 6.39. The van der Waals surface area contributed by atoms with Gasteiger partial charge >= 0.3 is 11.8 Å². The van der Waals surface area contributed by atoms with Crippen molar-refractivity contribution in [3.63, 3.8) is 0 Å². The number of non-ortho nitro benzene ring substituents is 1. The Kier molecular flexibility index (Phi) is 4.52. The minimum Gasteiger partial charge on any atom is -0.332 e. The number of benzene rings is 1. The number of carbonyl (C=O) groups excluding carboxylic acids is 2. The lowest BCUT2D eigenvalue weighted by Gasteiger charge is -2.32. The first-order valence-electron chi connectivity index (χ1n) is 6.85. The Balaban J connectivity index is 2.00. The Morgan fingerprint density at radius 1 is 1.29 bits per heavy atom. The molecule has 0 spiro atoms. The van der Waals surface area contributed by atoms with Crippen LogP contribution in [0.4, 0.5) is 11.4 Å². The quantitative estimate of drug-likeness (QED) is 0.512. The minimum absolute atomic E-state index is 0.0638. The van der Waals surface area contributed by atoms with E-state index in [4.69, 9.17) is 0 Å². The topological polar surface area (TPSA) is 92.6 Å². The van der Waals surface area contributed by atoms with E-state index in [0.717, 1.165) is 19.3 Å². The Hall–Kier alpha value is -2.44. The van der Waals surface area contributed by atoms with Gasteiger partial charge in [0, 0.05) is 30.4 Å². The third-order valence-electron chi connectivity index (χ3n) is 3.59. The van der Waals surface area contributed by atoms with Crippen LogP contribution in [0, 0.1) is 10.1 Å².